The van der Waals surface area contributed by atoms with E-state index >= 15 is 0 Å². The number of pyridine rings is 1. The molecule has 118 valence electrons. The molecule has 1 aromatic rings. The summed E-state index contributed by atoms with van der Waals surface area (Å²) < 4.78 is 5.25. The SMILES string of the molecule is CCOC(=O)N1C2C=C(Nc3cccnc3)CC1CCCC2. The molecule has 2 bridgehead atoms. The number of hydrogen-bond acceptors (Lipinski definition) is 4. The number of aromatic nitrogens is 1. The Morgan fingerprint density at radius 1 is 1.45 bits per heavy atom. The van der Waals surface area contributed by atoms with E-state index in [1.54, 1.807) is 6.20 Å². The van der Waals surface area contributed by atoms with Gasteiger partial charge < -0.3 is 10.1 Å². The Kier molecular flexibility index (Phi) is 4.61. The van der Waals surface area contributed by atoms with E-state index in [2.05, 4.69) is 16.4 Å². The van der Waals surface area contributed by atoms with Crippen molar-refractivity contribution in [3.63, 3.8) is 0 Å². The molecule has 0 aliphatic carbocycles. The third kappa shape index (κ3) is 3.24. The first-order valence-electron chi connectivity index (χ1n) is 8.10. The predicted molar refractivity (Wildman–Crippen MR) is 85.5 cm³/mol. The number of carbonyl (C=O) groups excluding carboxylic acids is 1. The lowest BCUT2D eigenvalue weighted by Crippen LogP contribution is -2.48. The van der Waals surface area contributed by atoms with Crippen LogP contribution in [0.25, 0.3) is 0 Å². The average molecular weight is 301 g/mol. The molecule has 3 heterocycles. The van der Waals surface area contributed by atoms with E-state index in [1.165, 1.54) is 12.1 Å². The molecule has 5 heteroatoms. The van der Waals surface area contributed by atoms with Crippen molar-refractivity contribution < 1.29 is 9.53 Å². The summed E-state index contributed by atoms with van der Waals surface area (Å²) in [6, 6.07) is 4.30. The van der Waals surface area contributed by atoms with Gasteiger partial charge in [0.05, 0.1) is 24.5 Å². The standard InChI is InChI=1S/C17H23N3O2/c1-2-22-17(21)20-15-7-3-4-8-16(20)11-14(10-15)19-13-6-5-9-18-12-13/h5-6,9-10,12,15-16,19H,2-4,7-8,11H2,1H3. The summed E-state index contributed by atoms with van der Waals surface area (Å²) in [6.45, 7) is 2.29. The maximum absolute atomic E-state index is 12.3. The third-order valence-corrected chi connectivity index (χ3v) is 4.33. The van der Waals surface area contributed by atoms with Crippen LogP contribution in [-0.4, -0.2) is 34.7 Å². The fraction of sp³-hybridized carbons (Fsp3) is 0.529. The second-order valence-corrected chi connectivity index (χ2v) is 5.87. The molecule has 1 aromatic heterocycles. The van der Waals surface area contributed by atoms with E-state index in [0.717, 1.165) is 31.4 Å². The first-order chi connectivity index (χ1) is 10.8. The zero-order chi connectivity index (χ0) is 15.4. The average Bonchev–Trinajstić information content (AvgIpc) is 2.65. The van der Waals surface area contributed by atoms with Crippen LogP contribution in [0.4, 0.5) is 10.5 Å². The van der Waals surface area contributed by atoms with Crippen LogP contribution in [0, 0.1) is 0 Å². The van der Waals surface area contributed by atoms with Crippen molar-refractivity contribution in [2.75, 3.05) is 11.9 Å². The van der Waals surface area contributed by atoms with Crippen LogP contribution in [0.15, 0.2) is 36.3 Å². The zero-order valence-corrected chi connectivity index (χ0v) is 13.0. The number of anilines is 1. The van der Waals surface area contributed by atoms with Crippen molar-refractivity contribution in [2.45, 2.75) is 51.1 Å². The van der Waals surface area contributed by atoms with Gasteiger partial charge in [0.25, 0.3) is 0 Å². The van der Waals surface area contributed by atoms with Gasteiger partial charge in [-0.25, -0.2) is 4.79 Å². The minimum absolute atomic E-state index is 0.138. The highest BCUT2D eigenvalue weighted by Gasteiger charge is 2.36. The molecule has 3 rings (SSSR count). The number of hydrogen-bond donors (Lipinski definition) is 1. The molecule has 2 aliphatic rings. The molecule has 1 amide bonds. The van der Waals surface area contributed by atoms with Crippen molar-refractivity contribution in [3.8, 4) is 0 Å². The van der Waals surface area contributed by atoms with Crippen LogP contribution >= 0.6 is 0 Å². The minimum Gasteiger partial charge on any atom is -0.450 e. The Bertz CT molecular complexity index is 544. The van der Waals surface area contributed by atoms with Gasteiger partial charge in [-0.3, -0.25) is 9.88 Å². The van der Waals surface area contributed by atoms with E-state index < -0.39 is 0 Å². The number of nitrogens with one attached hydrogen (secondary N) is 1. The van der Waals surface area contributed by atoms with Gasteiger partial charge >= 0.3 is 6.09 Å². The highest BCUT2D eigenvalue weighted by Crippen LogP contribution is 2.33. The minimum atomic E-state index is -0.170. The van der Waals surface area contributed by atoms with Crippen molar-refractivity contribution in [2.24, 2.45) is 0 Å². The van der Waals surface area contributed by atoms with Crippen molar-refractivity contribution >= 4 is 11.8 Å². The van der Waals surface area contributed by atoms with Crippen LogP contribution < -0.4 is 5.32 Å². The molecule has 1 fully saturated rings. The highest BCUT2D eigenvalue weighted by molar-refractivity contribution is 5.69. The lowest BCUT2D eigenvalue weighted by Gasteiger charge is -2.38. The summed E-state index contributed by atoms with van der Waals surface area (Å²) in [5.74, 6) is 0. The third-order valence-electron chi connectivity index (χ3n) is 4.33. The Hall–Kier alpha value is -2.04. The molecule has 2 atom stereocenters. The lowest BCUT2D eigenvalue weighted by atomic mass is 9.98. The second kappa shape index (κ2) is 6.81. The zero-order valence-electron chi connectivity index (χ0n) is 13.0. The van der Waals surface area contributed by atoms with E-state index in [4.69, 9.17) is 4.74 Å². The van der Waals surface area contributed by atoms with Gasteiger partial charge in [0.2, 0.25) is 0 Å². The number of ether oxygens (including phenoxy) is 1. The Balaban J connectivity index is 1.79. The van der Waals surface area contributed by atoms with Crippen LogP contribution in [0.1, 0.15) is 39.0 Å². The molecule has 1 N–H and O–H groups in total. The molecule has 0 aromatic carbocycles. The highest BCUT2D eigenvalue weighted by atomic mass is 16.6. The summed E-state index contributed by atoms with van der Waals surface area (Å²) in [5, 5.41) is 3.45. The number of amides is 1. The van der Waals surface area contributed by atoms with Gasteiger partial charge in [-0.2, -0.15) is 0 Å². The van der Waals surface area contributed by atoms with E-state index in [1.807, 2.05) is 30.2 Å². The molecule has 0 spiro atoms. The fourth-order valence-electron chi connectivity index (χ4n) is 3.40. The fourth-order valence-corrected chi connectivity index (χ4v) is 3.40. The molecule has 2 unspecified atom stereocenters. The smallest absolute Gasteiger partial charge is 0.410 e. The monoisotopic (exact) mass is 301 g/mol. The molecular weight excluding hydrogens is 278 g/mol. The largest absolute Gasteiger partial charge is 0.450 e. The van der Waals surface area contributed by atoms with E-state index in [-0.39, 0.29) is 18.2 Å². The van der Waals surface area contributed by atoms with Gasteiger partial charge in [0.1, 0.15) is 0 Å². The van der Waals surface area contributed by atoms with E-state index in [0.29, 0.717) is 6.61 Å². The number of fused-ring (bicyclic) bond motifs is 2. The van der Waals surface area contributed by atoms with Gasteiger partial charge in [-0.05, 0) is 38.0 Å². The van der Waals surface area contributed by atoms with Gasteiger partial charge in [0, 0.05) is 24.4 Å². The maximum Gasteiger partial charge on any atom is 0.410 e. The first kappa shape index (κ1) is 14.9. The Morgan fingerprint density at radius 3 is 3.09 bits per heavy atom. The topological polar surface area (TPSA) is 54.5 Å². The van der Waals surface area contributed by atoms with Gasteiger partial charge in [-0.15, -0.1) is 0 Å². The molecular formula is C17H23N3O2. The van der Waals surface area contributed by atoms with Crippen LogP contribution in [0.3, 0.4) is 0 Å². The van der Waals surface area contributed by atoms with Crippen LogP contribution in [0.5, 0.6) is 0 Å². The molecule has 22 heavy (non-hydrogen) atoms. The van der Waals surface area contributed by atoms with Crippen molar-refractivity contribution in [3.05, 3.63) is 36.3 Å². The molecule has 1 saturated heterocycles. The summed E-state index contributed by atoms with van der Waals surface area (Å²) in [6.07, 6.45) is 10.8. The number of nitrogens with zero attached hydrogens (tertiary/aromatic N) is 2. The van der Waals surface area contributed by atoms with Gasteiger partial charge in [-0.1, -0.05) is 12.8 Å². The second-order valence-electron chi connectivity index (χ2n) is 5.87. The molecule has 0 radical (unpaired) electrons. The normalized spacial score (nSPS) is 24.2. The van der Waals surface area contributed by atoms with Crippen molar-refractivity contribution in [1.29, 1.82) is 0 Å². The first-order valence-corrected chi connectivity index (χ1v) is 8.10. The van der Waals surface area contributed by atoms with Crippen LogP contribution in [0.2, 0.25) is 0 Å². The summed E-state index contributed by atoms with van der Waals surface area (Å²) in [7, 11) is 0. The molecule has 2 aliphatic heterocycles. The lowest BCUT2D eigenvalue weighted by molar-refractivity contribution is 0.0752. The van der Waals surface area contributed by atoms with Crippen LogP contribution in [-0.2, 0) is 4.74 Å². The molecule has 5 nitrogen and oxygen atoms in total. The summed E-state index contributed by atoms with van der Waals surface area (Å²) in [4.78, 5) is 18.4. The van der Waals surface area contributed by atoms with Gasteiger partial charge in [0.15, 0.2) is 0 Å². The predicted octanol–water partition coefficient (Wildman–Crippen LogP) is 3.55. The number of carbonyl (C=O) groups is 1. The number of rotatable bonds is 3. The molecule has 0 saturated carbocycles. The Labute approximate surface area is 131 Å². The van der Waals surface area contributed by atoms with Crippen molar-refractivity contribution in [1.82, 2.24) is 9.88 Å². The quantitative estimate of drug-likeness (QED) is 0.927. The maximum atomic E-state index is 12.3. The Morgan fingerprint density at radius 2 is 2.32 bits per heavy atom. The summed E-state index contributed by atoms with van der Waals surface area (Å²) in [5.41, 5.74) is 2.18. The summed E-state index contributed by atoms with van der Waals surface area (Å²) >= 11 is 0. The van der Waals surface area contributed by atoms with E-state index in [9.17, 15) is 4.79 Å².